The molecule has 0 aliphatic heterocycles. The minimum atomic E-state index is -0.159. The number of aryl methyl sites for hydroxylation is 1. The quantitative estimate of drug-likeness (QED) is 0.136. The van der Waals surface area contributed by atoms with Crippen LogP contribution in [-0.4, -0.2) is 30.6 Å². The SMILES string of the molecule is Cc1ccc(OCc2cn(Cc3ccccc3)nn2)c(C(=O)/C=C/c2cn(-c3ccccc3)nc2-c2ccccc2)c1. The first-order valence-electron chi connectivity index (χ1n) is 13.7. The highest BCUT2D eigenvalue weighted by atomic mass is 16.5. The Morgan fingerprint density at radius 1 is 0.857 bits per heavy atom. The summed E-state index contributed by atoms with van der Waals surface area (Å²) in [5.41, 5.74) is 6.81. The van der Waals surface area contributed by atoms with Crippen LogP contribution in [-0.2, 0) is 13.2 Å². The monoisotopic (exact) mass is 551 g/mol. The molecule has 0 bridgehead atoms. The van der Waals surface area contributed by atoms with Gasteiger partial charge in [0.05, 0.1) is 29.7 Å². The summed E-state index contributed by atoms with van der Waals surface area (Å²) in [5.74, 6) is 0.337. The van der Waals surface area contributed by atoms with E-state index < -0.39 is 0 Å². The van der Waals surface area contributed by atoms with Crippen molar-refractivity contribution < 1.29 is 9.53 Å². The molecule has 0 N–H and O–H groups in total. The number of benzene rings is 4. The summed E-state index contributed by atoms with van der Waals surface area (Å²) in [7, 11) is 0. The van der Waals surface area contributed by atoms with E-state index in [4.69, 9.17) is 9.84 Å². The molecule has 0 spiro atoms. The van der Waals surface area contributed by atoms with Gasteiger partial charge in [0.15, 0.2) is 5.78 Å². The Labute approximate surface area is 244 Å². The summed E-state index contributed by atoms with van der Waals surface area (Å²) >= 11 is 0. The van der Waals surface area contributed by atoms with Gasteiger partial charge in [0.2, 0.25) is 0 Å². The van der Waals surface area contributed by atoms with E-state index in [0.717, 1.165) is 33.6 Å². The Bertz CT molecular complexity index is 1820. The molecule has 7 heteroatoms. The molecule has 0 amide bonds. The first kappa shape index (κ1) is 26.7. The van der Waals surface area contributed by atoms with Gasteiger partial charge in [0.1, 0.15) is 18.1 Å². The molecule has 0 unspecified atom stereocenters. The van der Waals surface area contributed by atoms with Gasteiger partial charge in [0.25, 0.3) is 0 Å². The molecule has 7 nitrogen and oxygen atoms in total. The van der Waals surface area contributed by atoms with Crippen LogP contribution in [0.4, 0.5) is 0 Å². The number of allylic oxidation sites excluding steroid dienone is 1. The van der Waals surface area contributed by atoms with Gasteiger partial charge in [-0.25, -0.2) is 9.36 Å². The molecule has 2 heterocycles. The largest absolute Gasteiger partial charge is 0.486 e. The van der Waals surface area contributed by atoms with Gasteiger partial charge in [-0.1, -0.05) is 95.7 Å². The summed E-state index contributed by atoms with van der Waals surface area (Å²) in [6.45, 7) is 2.78. The van der Waals surface area contributed by atoms with E-state index in [0.29, 0.717) is 23.6 Å². The van der Waals surface area contributed by atoms with Crippen LogP contribution in [0.25, 0.3) is 23.0 Å². The number of para-hydroxylation sites is 1. The lowest BCUT2D eigenvalue weighted by Gasteiger charge is -2.09. The van der Waals surface area contributed by atoms with Crippen molar-refractivity contribution >= 4 is 11.9 Å². The first-order valence-corrected chi connectivity index (χ1v) is 13.7. The van der Waals surface area contributed by atoms with Crippen LogP contribution in [0.1, 0.15) is 32.7 Å². The minimum absolute atomic E-state index is 0.159. The molecule has 206 valence electrons. The third kappa shape index (κ3) is 6.26. The maximum atomic E-state index is 13.5. The zero-order valence-corrected chi connectivity index (χ0v) is 23.2. The highest BCUT2D eigenvalue weighted by molar-refractivity contribution is 6.09. The zero-order chi connectivity index (χ0) is 28.7. The van der Waals surface area contributed by atoms with Crippen molar-refractivity contribution in [2.24, 2.45) is 0 Å². The van der Waals surface area contributed by atoms with Gasteiger partial charge < -0.3 is 4.74 Å². The number of hydrogen-bond donors (Lipinski definition) is 0. The van der Waals surface area contributed by atoms with E-state index >= 15 is 0 Å². The van der Waals surface area contributed by atoms with Crippen molar-refractivity contribution in [2.75, 3.05) is 0 Å². The van der Waals surface area contributed by atoms with Crippen molar-refractivity contribution in [3.63, 3.8) is 0 Å². The lowest BCUT2D eigenvalue weighted by molar-refractivity contribution is 0.104. The topological polar surface area (TPSA) is 74.8 Å². The van der Waals surface area contributed by atoms with Crippen LogP contribution >= 0.6 is 0 Å². The maximum Gasteiger partial charge on any atom is 0.189 e. The average Bonchev–Trinajstić information content (AvgIpc) is 3.68. The van der Waals surface area contributed by atoms with E-state index in [9.17, 15) is 4.79 Å². The minimum Gasteiger partial charge on any atom is -0.486 e. The second kappa shape index (κ2) is 12.3. The maximum absolute atomic E-state index is 13.5. The van der Waals surface area contributed by atoms with Crippen molar-refractivity contribution in [2.45, 2.75) is 20.1 Å². The summed E-state index contributed by atoms with van der Waals surface area (Å²) < 4.78 is 9.69. The molecule has 0 aliphatic carbocycles. The number of nitrogens with zero attached hydrogens (tertiary/aromatic N) is 5. The predicted molar refractivity (Wildman–Crippen MR) is 163 cm³/mol. The fourth-order valence-corrected chi connectivity index (χ4v) is 4.66. The van der Waals surface area contributed by atoms with Gasteiger partial charge in [0, 0.05) is 17.3 Å². The summed E-state index contributed by atoms with van der Waals surface area (Å²) in [6.07, 6.45) is 7.20. The van der Waals surface area contributed by atoms with Gasteiger partial charge in [-0.2, -0.15) is 5.10 Å². The highest BCUT2D eigenvalue weighted by Gasteiger charge is 2.14. The number of rotatable bonds is 10. The van der Waals surface area contributed by atoms with Gasteiger partial charge >= 0.3 is 0 Å². The third-order valence-corrected chi connectivity index (χ3v) is 6.77. The molecule has 0 fully saturated rings. The number of aromatic nitrogens is 5. The molecule has 0 atom stereocenters. The van der Waals surface area contributed by atoms with Crippen molar-refractivity contribution in [1.82, 2.24) is 24.8 Å². The van der Waals surface area contributed by atoms with Gasteiger partial charge in [-0.3, -0.25) is 4.79 Å². The Hall–Kier alpha value is -5.56. The smallest absolute Gasteiger partial charge is 0.189 e. The van der Waals surface area contributed by atoms with Crippen LogP contribution in [0.3, 0.4) is 0 Å². The van der Waals surface area contributed by atoms with Crippen LogP contribution in [0.15, 0.2) is 128 Å². The fourth-order valence-electron chi connectivity index (χ4n) is 4.66. The summed E-state index contributed by atoms with van der Waals surface area (Å²) in [6, 6.07) is 35.5. The molecule has 6 rings (SSSR count). The molecule has 2 aromatic heterocycles. The number of carbonyl (C=O) groups is 1. The van der Waals surface area contributed by atoms with Crippen molar-refractivity contribution in [1.29, 1.82) is 0 Å². The van der Waals surface area contributed by atoms with Crippen molar-refractivity contribution in [3.8, 4) is 22.7 Å². The molecular weight excluding hydrogens is 522 g/mol. The van der Waals surface area contributed by atoms with Crippen molar-refractivity contribution in [3.05, 3.63) is 156 Å². The van der Waals surface area contributed by atoms with Crippen LogP contribution in [0.2, 0.25) is 0 Å². The standard InChI is InChI=1S/C35H29N5O2/c1-26-17-20-34(42-25-30-24-39(38-36-30)22-27-11-5-2-6-12-27)32(21-26)33(41)19-18-29-23-40(31-15-9-4-10-16-31)37-35(29)28-13-7-3-8-14-28/h2-21,23-24H,22,25H2,1H3/b19-18+. The highest BCUT2D eigenvalue weighted by Crippen LogP contribution is 2.26. The molecular formula is C35H29N5O2. The molecule has 0 saturated heterocycles. The second-order valence-electron chi connectivity index (χ2n) is 9.96. The second-order valence-corrected chi connectivity index (χ2v) is 9.96. The molecule has 6 aromatic rings. The summed E-state index contributed by atoms with van der Waals surface area (Å²) in [4.78, 5) is 13.5. The van der Waals surface area contributed by atoms with Gasteiger partial charge in [-0.15, -0.1) is 5.10 Å². The lowest BCUT2D eigenvalue weighted by atomic mass is 10.0. The van der Waals surface area contributed by atoms with Gasteiger partial charge in [-0.05, 0) is 48.9 Å². The third-order valence-electron chi connectivity index (χ3n) is 6.77. The van der Waals surface area contributed by atoms with Crippen LogP contribution < -0.4 is 4.74 Å². The zero-order valence-electron chi connectivity index (χ0n) is 23.2. The van der Waals surface area contributed by atoms with E-state index in [1.54, 1.807) is 10.8 Å². The molecule has 4 aromatic carbocycles. The predicted octanol–water partition coefficient (Wildman–Crippen LogP) is 6.96. The number of carbonyl (C=O) groups excluding carboxylic acids is 1. The van der Waals surface area contributed by atoms with E-state index in [1.165, 1.54) is 0 Å². The number of ether oxygens (including phenoxy) is 1. The van der Waals surface area contributed by atoms with Crippen LogP contribution in [0.5, 0.6) is 5.75 Å². The Kier molecular flexibility index (Phi) is 7.81. The van der Waals surface area contributed by atoms with Crippen LogP contribution in [0, 0.1) is 6.92 Å². The lowest BCUT2D eigenvalue weighted by Crippen LogP contribution is -2.03. The molecule has 0 saturated carbocycles. The van der Waals surface area contributed by atoms with E-state index in [1.807, 2.05) is 139 Å². The van der Waals surface area contributed by atoms with E-state index in [2.05, 4.69) is 10.3 Å². The number of hydrogen-bond acceptors (Lipinski definition) is 5. The number of ketones is 1. The van der Waals surface area contributed by atoms with E-state index in [-0.39, 0.29) is 12.4 Å². The molecule has 0 radical (unpaired) electrons. The molecule has 42 heavy (non-hydrogen) atoms. The Morgan fingerprint density at radius 3 is 2.33 bits per heavy atom. The normalized spacial score (nSPS) is 11.2. The average molecular weight is 552 g/mol. The fraction of sp³-hybridized carbons (Fsp3) is 0.0857. The Morgan fingerprint density at radius 2 is 1.57 bits per heavy atom. The first-order chi connectivity index (χ1) is 20.6. The molecule has 0 aliphatic rings. The Balaban J connectivity index is 1.22. The summed E-state index contributed by atoms with van der Waals surface area (Å²) in [5, 5.41) is 13.3.